The van der Waals surface area contributed by atoms with E-state index in [-0.39, 0.29) is 5.54 Å². The van der Waals surface area contributed by atoms with Gasteiger partial charge in [-0.15, -0.1) is 0 Å². The lowest BCUT2D eigenvalue weighted by atomic mass is 9.99. The largest absolute Gasteiger partial charge is 0.311 e. The van der Waals surface area contributed by atoms with Crippen LogP contribution in [0.1, 0.15) is 45.6 Å². The summed E-state index contributed by atoms with van der Waals surface area (Å²) in [4.78, 5) is 2.61. The predicted molar refractivity (Wildman–Crippen MR) is 87.3 cm³/mol. The first-order valence-corrected chi connectivity index (χ1v) is 8.05. The van der Waals surface area contributed by atoms with E-state index in [1.807, 2.05) is 12.1 Å². The van der Waals surface area contributed by atoms with Crippen molar-refractivity contribution in [1.82, 2.24) is 10.2 Å². The second kappa shape index (κ2) is 6.93. The molecule has 1 aromatic carbocycles. The molecule has 1 fully saturated rings. The van der Waals surface area contributed by atoms with Crippen LogP contribution < -0.4 is 5.32 Å². The van der Waals surface area contributed by atoms with Gasteiger partial charge in [-0.05, 0) is 57.9 Å². The smallest absolute Gasteiger partial charge is 0.0409 e. The van der Waals surface area contributed by atoms with E-state index in [2.05, 4.69) is 43.1 Å². The normalized spacial score (nSPS) is 21.1. The average molecular weight is 295 g/mol. The van der Waals surface area contributed by atoms with Crippen LogP contribution in [-0.4, -0.2) is 29.6 Å². The molecule has 2 nitrogen and oxygen atoms in total. The summed E-state index contributed by atoms with van der Waals surface area (Å²) in [5, 5.41) is 4.49. The molecular weight excluding hydrogens is 268 g/mol. The van der Waals surface area contributed by atoms with Crippen molar-refractivity contribution in [3.63, 3.8) is 0 Å². The molecule has 1 atom stereocenters. The number of rotatable bonds is 4. The quantitative estimate of drug-likeness (QED) is 0.900. The first-order valence-electron chi connectivity index (χ1n) is 7.67. The fourth-order valence-electron chi connectivity index (χ4n) is 2.79. The Labute approximate surface area is 128 Å². The number of hydrogen-bond donors (Lipinski definition) is 1. The molecule has 0 saturated carbocycles. The minimum absolute atomic E-state index is 0.194. The minimum Gasteiger partial charge on any atom is -0.311 e. The summed E-state index contributed by atoms with van der Waals surface area (Å²) < 4.78 is 0. The van der Waals surface area contributed by atoms with Gasteiger partial charge in [0.25, 0.3) is 0 Å². The van der Waals surface area contributed by atoms with Crippen LogP contribution in [0.15, 0.2) is 24.3 Å². The van der Waals surface area contributed by atoms with Crippen LogP contribution in [0, 0.1) is 0 Å². The Morgan fingerprint density at radius 3 is 2.80 bits per heavy atom. The van der Waals surface area contributed by atoms with Gasteiger partial charge < -0.3 is 5.32 Å². The van der Waals surface area contributed by atoms with Crippen molar-refractivity contribution < 1.29 is 0 Å². The second-order valence-corrected chi connectivity index (χ2v) is 7.32. The van der Waals surface area contributed by atoms with Crippen LogP contribution in [-0.2, 0) is 6.54 Å². The van der Waals surface area contributed by atoms with Gasteiger partial charge in [-0.25, -0.2) is 0 Å². The molecule has 2 rings (SSSR count). The summed E-state index contributed by atoms with van der Waals surface area (Å²) in [6, 6.07) is 8.89. The molecule has 0 aromatic heterocycles. The Morgan fingerprint density at radius 2 is 2.10 bits per heavy atom. The van der Waals surface area contributed by atoms with Crippen LogP contribution in [0.25, 0.3) is 0 Å². The number of likely N-dealkylation sites (tertiary alicyclic amines) is 1. The third kappa shape index (κ3) is 5.08. The first kappa shape index (κ1) is 15.8. The molecule has 1 aliphatic heterocycles. The topological polar surface area (TPSA) is 15.3 Å². The van der Waals surface area contributed by atoms with E-state index in [4.69, 9.17) is 11.6 Å². The van der Waals surface area contributed by atoms with Crippen molar-refractivity contribution in [2.24, 2.45) is 0 Å². The molecule has 1 aromatic rings. The molecule has 0 amide bonds. The lowest BCUT2D eigenvalue weighted by Crippen LogP contribution is -2.49. The third-order valence-corrected chi connectivity index (χ3v) is 4.13. The average Bonchev–Trinajstić information content (AvgIpc) is 2.37. The van der Waals surface area contributed by atoms with E-state index < -0.39 is 0 Å². The molecule has 0 spiro atoms. The molecule has 0 bridgehead atoms. The van der Waals surface area contributed by atoms with E-state index in [0.29, 0.717) is 6.04 Å². The molecule has 3 heteroatoms. The highest BCUT2D eigenvalue weighted by Crippen LogP contribution is 2.21. The third-order valence-electron chi connectivity index (χ3n) is 3.89. The molecule has 1 heterocycles. The minimum atomic E-state index is 0.194. The van der Waals surface area contributed by atoms with E-state index in [1.54, 1.807) is 0 Å². The van der Waals surface area contributed by atoms with Crippen LogP contribution >= 0.6 is 11.6 Å². The van der Waals surface area contributed by atoms with E-state index >= 15 is 0 Å². The maximum absolute atomic E-state index is 6.09. The molecule has 1 unspecified atom stereocenters. The van der Waals surface area contributed by atoms with Crippen LogP contribution in [0.2, 0.25) is 5.02 Å². The number of nitrogens with zero attached hydrogens (tertiary/aromatic N) is 1. The molecular formula is C17H27ClN2. The van der Waals surface area contributed by atoms with Crippen molar-refractivity contribution in [2.75, 3.05) is 13.1 Å². The number of halogens is 1. The molecule has 1 aliphatic rings. The standard InChI is InChI=1S/C17H27ClN2/c1-17(2,3)19-12-16-9-4-5-10-20(16)13-14-7-6-8-15(18)11-14/h6-8,11,16,19H,4-5,9-10,12-13H2,1-3H3. The fourth-order valence-corrected chi connectivity index (χ4v) is 3.01. The van der Waals surface area contributed by atoms with Crippen molar-refractivity contribution in [1.29, 1.82) is 0 Å². The zero-order valence-corrected chi connectivity index (χ0v) is 13.7. The summed E-state index contributed by atoms with van der Waals surface area (Å²) >= 11 is 6.09. The van der Waals surface area contributed by atoms with E-state index in [9.17, 15) is 0 Å². The van der Waals surface area contributed by atoms with Crippen molar-refractivity contribution in [3.8, 4) is 0 Å². The Hall–Kier alpha value is -0.570. The predicted octanol–water partition coefficient (Wildman–Crippen LogP) is 4.08. The van der Waals surface area contributed by atoms with Gasteiger partial charge in [0.1, 0.15) is 0 Å². The van der Waals surface area contributed by atoms with Gasteiger partial charge in [0.05, 0.1) is 0 Å². The highest BCUT2D eigenvalue weighted by Gasteiger charge is 2.23. The van der Waals surface area contributed by atoms with Crippen molar-refractivity contribution in [2.45, 2.75) is 58.2 Å². The summed E-state index contributed by atoms with van der Waals surface area (Å²) in [5.74, 6) is 0. The maximum Gasteiger partial charge on any atom is 0.0409 e. The fraction of sp³-hybridized carbons (Fsp3) is 0.647. The Morgan fingerprint density at radius 1 is 1.30 bits per heavy atom. The van der Waals surface area contributed by atoms with Crippen molar-refractivity contribution >= 4 is 11.6 Å². The van der Waals surface area contributed by atoms with Crippen LogP contribution in [0.3, 0.4) is 0 Å². The van der Waals surface area contributed by atoms with E-state index in [0.717, 1.165) is 18.1 Å². The first-order chi connectivity index (χ1) is 9.44. The van der Waals surface area contributed by atoms with Gasteiger partial charge in [-0.1, -0.05) is 30.2 Å². The van der Waals surface area contributed by atoms with Gasteiger partial charge in [0.15, 0.2) is 0 Å². The summed E-state index contributed by atoms with van der Waals surface area (Å²) in [6.45, 7) is 9.98. The Bertz CT molecular complexity index is 425. The Kier molecular flexibility index (Phi) is 5.48. The summed E-state index contributed by atoms with van der Waals surface area (Å²) in [5.41, 5.74) is 1.51. The highest BCUT2D eigenvalue weighted by atomic mass is 35.5. The second-order valence-electron chi connectivity index (χ2n) is 6.88. The Balaban J connectivity index is 1.96. The van der Waals surface area contributed by atoms with Gasteiger partial charge in [0.2, 0.25) is 0 Å². The highest BCUT2D eigenvalue weighted by molar-refractivity contribution is 6.30. The van der Waals surface area contributed by atoms with Crippen LogP contribution in [0.5, 0.6) is 0 Å². The molecule has 0 aliphatic carbocycles. The van der Waals surface area contributed by atoms with Gasteiger partial charge in [0, 0.05) is 29.7 Å². The zero-order valence-electron chi connectivity index (χ0n) is 13.0. The molecule has 20 heavy (non-hydrogen) atoms. The maximum atomic E-state index is 6.09. The van der Waals surface area contributed by atoms with Gasteiger partial charge in [-0.3, -0.25) is 4.90 Å². The zero-order chi connectivity index (χ0) is 14.6. The lowest BCUT2D eigenvalue weighted by Gasteiger charge is -2.37. The van der Waals surface area contributed by atoms with Gasteiger partial charge >= 0.3 is 0 Å². The molecule has 1 saturated heterocycles. The summed E-state index contributed by atoms with van der Waals surface area (Å²) in [6.07, 6.45) is 3.96. The number of benzene rings is 1. The van der Waals surface area contributed by atoms with Crippen LogP contribution in [0.4, 0.5) is 0 Å². The van der Waals surface area contributed by atoms with Gasteiger partial charge in [-0.2, -0.15) is 0 Å². The molecule has 0 radical (unpaired) electrons. The monoisotopic (exact) mass is 294 g/mol. The summed E-state index contributed by atoms with van der Waals surface area (Å²) in [7, 11) is 0. The number of nitrogens with one attached hydrogen (secondary N) is 1. The SMILES string of the molecule is CC(C)(C)NCC1CCCCN1Cc1cccc(Cl)c1. The lowest BCUT2D eigenvalue weighted by molar-refractivity contribution is 0.131. The van der Waals surface area contributed by atoms with Crippen molar-refractivity contribution in [3.05, 3.63) is 34.9 Å². The molecule has 1 N–H and O–H groups in total. The number of piperidine rings is 1. The number of hydrogen-bond acceptors (Lipinski definition) is 2. The molecule has 112 valence electrons. The van der Waals surface area contributed by atoms with E-state index in [1.165, 1.54) is 31.4 Å².